The van der Waals surface area contributed by atoms with Crippen LogP contribution in [-0.2, 0) is 24.1 Å². The van der Waals surface area contributed by atoms with E-state index >= 15 is 0 Å². The van der Waals surface area contributed by atoms with Crippen molar-refractivity contribution in [2.45, 2.75) is 77.9 Å². The predicted molar refractivity (Wildman–Crippen MR) is 111 cm³/mol. The van der Waals surface area contributed by atoms with E-state index in [2.05, 4.69) is 5.32 Å². The van der Waals surface area contributed by atoms with Gasteiger partial charge in [-0.3, -0.25) is 4.79 Å². The van der Waals surface area contributed by atoms with Crippen LogP contribution in [0.5, 0.6) is 11.5 Å². The molecular formula is C23H29NO5. The third kappa shape index (κ3) is 3.85. The molecule has 0 unspecified atom stereocenters. The van der Waals surface area contributed by atoms with Crippen molar-refractivity contribution in [3.8, 4) is 11.5 Å². The number of rotatable bonds is 4. The van der Waals surface area contributed by atoms with Gasteiger partial charge in [-0.2, -0.15) is 0 Å². The lowest BCUT2D eigenvalue weighted by Crippen LogP contribution is -2.34. The molecule has 0 atom stereocenters. The van der Waals surface area contributed by atoms with Crippen LogP contribution in [0.3, 0.4) is 0 Å². The Hall–Kier alpha value is -2.50. The molecule has 2 aromatic rings. The van der Waals surface area contributed by atoms with Crippen LogP contribution in [-0.4, -0.2) is 24.2 Å². The van der Waals surface area contributed by atoms with Crippen molar-refractivity contribution in [2.24, 2.45) is 0 Å². The highest BCUT2D eigenvalue weighted by Gasteiger charge is 2.32. The summed E-state index contributed by atoms with van der Waals surface area (Å²) in [4.78, 5) is 24.8. The first-order valence-electron chi connectivity index (χ1n) is 10.5. The second-order valence-corrected chi connectivity index (χ2v) is 8.98. The number of ether oxygens (including phenoxy) is 2. The second-order valence-electron chi connectivity index (χ2n) is 8.98. The van der Waals surface area contributed by atoms with Gasteiger partial charge in [-0.1, -0.05) is 0 Å². The van der Waals surface area contributed by atoms with Crippen molar-refractivity contribution in [1.29, 1.82) is 0 Å². The molecule has 2 aliphatic rings. The van der Waals surface area contributed by atoms with Gasteiger partial charge < -0.3 is 19.2 Å². The van der Waals surface area contributed by atoms with Crippen molar-refractivity contribution in [3.05, 3.63) is 33.2 Å². The fourth-order valence-corrected chi connectivity index (χ4v) is 4.34. The molecule has 0 fully saturated rings. The van der Waals surface area contributed by atoms with Gasteiger partial charge in [0.15, 0.2) is 6.61 Å². The van der Waals surface area contributed by atoms with Crippen LogP contribution in [0.2, 0.25) is 0 Å². The minimum absolute atomic E-state index is 0.0429. The molecule has 1 N–H and O–H groups in total. The molecule has 4 rings (SSSR count). The molecule has 0 radical (unpaired) electrons. The summed E-state index contributed by atoms with van der Waals surface area (Å²) < 4.78 is 18.0. The Morgan fingerprint density at radius 1 is 1.17 bits per heavy atom. The van der Waals surface area contributed by atoms with Crippen LogP contribution in [0, 0.1) is 0 Å². The molecule has 1 aliphatic heterocycles. The summed E-state index contributed by atoms with van der Waals surface area (Å²) in [5, 5.41) is 3.67. The van der Waals surface area contributed by atoms with Crippen molar-refractivity contribution >= 4 is 16.9 Å². The molecule has 1 aliphatic carbocycles. The molecule has 1 aromatic heterocycles. The van der Waals surface area contributed by atoms with Crippen LogP contribution in [0.15, 0.2) is 15.3 Å². The van der Waals surface area contributed by atoms with Crippen LogP contribution in [0.4, 0.5) is 0 Å². The summed E-state index contributed by atoms with van der Waals surface area (Å²) in [5.41, 5.74) is 2.67. The third-order valence-corrected chi connectivity index (χ3v) is 5.69. The summed E-state index contributed by atoms with van der Waals surface area (Å²) >= 11 is 0. The first-order chi connectivity index (χ1) is 13.7. The normalized spacial score (nSPS) is 17.4. The molecule has 6 heteroatoms. The monoisotopic (exact) mass is 399 g/mol. The molecule has 0 saturated heterocycles. The lowest BCUT2D eigenvalue weighted by atomic mass is 9.87. The molecule has 29 heavy (non-hydrogen) atoms. The maximum atomic E-state index is 12.7. The van der Waals surface area contributed by atoms with Crippen LogP contribution < -0.4 is 20.4 Å². The molecule has 1 aromatic carbocycles. The highest BCUT2D eigenvalue weighted by molar-refractivity contribution is 5.92. The average molecular weight is 399 g/mol. The molecule has 1 amide bonds. The van der Waals surface area contributed by atoms with Gasteiger partial charge in [0.05, 0.1) is 5.39 Å². The molecular weight excluding hydrogens is 370 g/mol. The third-order valence-electron chi connectivity index (χ3n) is 5.69. The standard InChI is InChI=1S/C23H29NO5/c1-13(2)24-19(25)12-27-18-11-17-16(9-10-23(3,4)29-17)21-20(18)14-7-5-6-8-15(14)22(26)28-21/h11,13H,5-10,12H2,1-4H3,(H,24,25). The Bertz CT molecular complexity index is 1020. The topological polar surface area (TPSA) is 77.8 Å². The van der Waals surface area contributed by atoms with E-state index in [1.54, 1.807) is 0 Å². The predicted octanol–water partition coefficient (Wildman–Crippen LogP) is 3.68. The summed E-state index contributed by atoms with van der Waals surface area (Å²) in [7, 11) is 0. The van der Waals surface area contributed by atoms with E-state index < -0.39 is 0 Å². The number of benzene rings is 1. The van der Waals surface area contributed by atoms with Crippen LogP contribution in [0.1, 0.15) is 63.6 Å². The molecule has 0 spiro atoms. The number of carbonyl (C=O) groups excluding carboxylic acids is 1. The zero-order valence-electron chi connectivity index (χ0n) is 17.6. The number of hydrogen-bond acceptors (Lipinski definition) is 5. The largest absolute Gasteiger partial charge is 0.487 e. The number of amides is 1. The minimum atomic E-state index is -0.304. The Kier molecular flexibility index (Phi) is 5.05. The van der Waals surface area contributed by atoms with E-state index in [9.17, 15) is 9.59 Å². The van der Waals surface area contributed by atoms with Crippen LogP contribution >= 0.6 is 0 Å². The van der Waals surface area contributed by atoms with Gasteiger partial charge >= 0.3 is 5.63 Å². The lowest BCUT2D eigenvalue weighted by Gasteiger charge is -2.33. The number of fused-ring (bicyclic) bond motifs is 5. The van der Waals surface area contributed by atoms with E-state index in [0.717, 1.165) is 60.6 Å². The molecule has 6 nitrogen and oxygen atoms in total. The smallest absolute Gasteiger partial charge is 0.339 e. The summed E-state index contributed by atoms with van der Waals surface area (Å²) in [5.74, 6) is 1.04. The molecule has 0 saturated carbocycles. The summed E-state index contributed by atoms with van der Waals surface area (Å²) in [6, 6.07) is 1.91. The number of carbonyl (C=O) groups is 1. The Balaban J connectivity index is 1.86. The Morgan fingerprint density at radius 3 is 2.62 bits per heavy atom. The minimum Gasteiger partial charge on any atom is -0.487 e. The first kappa shape index (κ1) is 19.8. The van der Waals surface area contributed by atoms with Gasteiger partial charge in [0, 0.05) is 23.2 Å². The van der Waals surface area contributed by atoms with Crippen molar-refractivity contribution in [2.75, 3.05) is 6.61 Å². The lowest BCUT2D eigenvalue weighted by molar-refractivity contribution is -0.123. The zero-order valence-corrected chi connectivity index (χ0v) is 17.6. The number of hydrogen-bond donors (Lipinski definition) is 1. The SMILES string of the molecule is CC(C)NC(=O)COc1cc2c(c3oc(=O)c4c(c13)CCCC4)CCC(C)(C)O2. The average Bonchev–Trinajstić information content (AvgIpc) is 2.64. The van der Waals surface area contributed by atoms with Gasteiger partial charge in [-0.25, -0.2) is 4.79 Å². The van der Waals surface area contributed by atoms with Gasteiger partial charge in [0.1, 0.15) is 22.7 Å². The fraction of sp³-hybridized carbons (Fsp3) is 0.565. The second kappa shape index (κ2) is 7.39. The summed E-state index contributed by atoms with van der Waals surface area (Å²) in [6.07, 6.45) is 5.16. The zero-order chi connectivity index (χ0) is 20.8. The van der Waals surface area contributed by atoms with Crippen molar-refractivity contribution in [1.82, 2.24) is 5.32 Å². The molecule has 0 bridgehead atoms. The highest BCUT2D eigenvalue weighted by atomic mass is 16.5. The number of nitrogens with one attached hydrogen (secondary N) is 1. The van der Waals surface area contributed by atoms with Gasteiger partial charge in [-0.15, -0.1) is 0 Å². The molecule has 156 valence electrons. The maximum absolute atomic E-state index is 12.7. The Morgan fingerprint density at radius 2 is 1.90 bits per heavy atom. The van der Waals surface area contributed by atoms with E-state index in [1.165, 1.54) is 0 Å². The quantitative estimate of drug-likeness (QED) is 0.794. The molecule has 2 heterocycles. The van der Waals surface area contributed by atoms with E-state index in [0.29, 0.717) is 17.1 Å². The van der Waals surface area contributed by atoms with Gasteiger partial charge in [-0.05, 0) is 71.8 Å². The van der Waals surface area contributed by atoms with Crippen molar-refractivity contribution in [3.63, 3.8) is 0 Å². The highest BCUT2D eigenvalue weighted by Crippen LogP contribution is 2.44. The summed E-state index contributed by atoms with van der Waals surface area (Å²) in [6.45, 7) is 7.81. The maximum Gasteiger partial charge on any atom is 0.339 e. The van der Waals surface area contributed by atoms with Crippen molar-refractivity contribution < 1.29 is 18.7 Å². The number of aryl methyl sites for hydroxylation is 2. The fourth-order valence-electron chi connectivity index (χ4n) is 4.34. The first-order valence-corrected chi connectivity index (χ1v) is 10.5. The Labute approximate surface area is 170 Å². The van der Waals surface area contributed by atoms with Crippen LogP contribution in [0.25, 0.3) is 11.0 Å². The van der Waals surface area contributed by atoms with E-state index in [-0.39, 0.29) is 29.8 Å². The van der Waals surface area contributed by atoms with E-state index in [4.69, 9.17) is 13.9 Å². The van der Waals surface area contributed by atoms with Gasteiger partial charge in [0.25, 0.3) is 5.91 Å². The van der Waals surface area contributed by atoms with E-state index in [1.807, 2.05) is 33.8 Å². The van der Waals surface area contributed by atoms with Gasteiger partial charge in [0.2, 0.25) is 0 Å².